The van der Waals surface area contributed by atoms with E-state index in [0.29, 0.717) is 37.7 Å². The average molecular weight is 469 g/mol. The molecule has 2 aromatic carbocycles. The molecule has 34 heavy (non-hydrogen) atoms. The molecule has 188 valence electrons. The van der Waals surface area contributed by atoms with E-state index in [1.54, 1.807) is 0 Å². The summed E-state index contributed by atoms with van der Waals surface area (Å²) >= 11 is 0. The molecule has 1 amide bonds. The Balaban J connectivity index is 0.000000497. The van der Waals surface area contributed by atoms with Crippen LogP contribution in [0.2, 0.25) is 0 Å². The van der Waals surface area contributed by atoms with Gasteiger partial charge in [0.2, 0.25) is 5.91 Å². The summed E-state index contributed by atoms with van der Waals surface area (Å²) in [6, 6.07) is 21.0. The number of nitrogens with one attached hydrogen (secondary N) is 1. The first-order valence-corrected chi connectivity index (χ1v) is 12.8. The van der Waals surface area contributed by atoms with Gasteiger partial charge in [-0.2, -0.15) is 0 Å². The lowest BCUT2D eigenvalue weighted by atomic mass is 9.82. The zero-order chi connectivity index (χ0) is 24.6. The van der Waals surface area contributed by atoms with Gasteiger partial charge in [0, 0.05) is 18.6 Å². The van der Waals surface area contributed by atoms with E-state index >= 15 is 0 Å². The molecular formula is C29H44N2O3. The second kappa shape index (κ2) is 16.4. The molecule has 0 spiro atoms. The second-order valence-corrected chi connectivity index (χ2v) is 9.55. The van der Waals surface area contributed by atoms with Crippen LogP contribution in [-0.4, -0.2) is 36.8 Å². The minimum absolute atomic E-state index is 0.114. The Hall–Kier alpha value is -2.21. The Kier molecular flexibility index (Phi) is 13.5. The van der Waals surface area contributed by atoms with Crippen molar-refractivity contribution in [3.63, 3.8) is 0 Å². The number of carbonyl (C=O) groups excluding carboxylic acids is 1. The number of primary amides is 1. The second-order valence-electron chi connectivity index (χ2n) is 9.55. The van der Waals surface area contributed by atoms with Crippen LogP contribution in [0.15, 0.2) is 60.7 Å². The number of amides is 1. The largest absolute Gasteiger partial charge is 0.395 e. The highest BCUT2D eigenvalue weighted by atomic mass is 16.5. The average Bonchev–Trinajstić information content (AvgIpc) is 3.39. The molecule has 0 saturated carbocycles. The van der Waals surface area contributed by atoms with Gasteiger partial charge in [-0.1, -0.05) is 80.9 Å². The van der Waals surface area contributed by atoms with Gasteiger partial charge in [-0.3, -0.25) is 4.79 Å². The van der Waals surface area contributed by atoms with Crippen LogP contribution in [0.25, 0.3) is 0 Å². The number of ether oxygens (including phenoxy) is 1. The third-order valence-corrected chi connectivity index (χ3v) is 6.46. The summed E-state index contributed by atoms with van der Waals surface area (Å²) in [7, 11) is 0. The summed E-state index contributed by atoms with van der Waals surface area (Å²) in [6.45, 7) is 6.97. The lowest BCUT2D eigenvalue weighted by molar-refractivity contribution is -0.122. The van der Waals surface area contributed by atoms with Crippen molar-refractivity contribution in [1.82, 2.24) is 5.32 Å². The third kappa shape index (κ3) is 10.8. The number of carbonyl (C=O) groups is 1. The van der Waals surface area contributed by atoms with Gasteiger partial charge in [0.1, 0.15) is 0 Å². The molecule has 1 heterocycles. The molecule has 1 fully saturated rings. The predicted octanol–water partition coefficient (Wildman–Crippen LogP) is 5.04. The lowest BCUT2D eigenvalue weighted by Gasteiger charge is -2.24. The van der Waals surface area contributed by atoms with Crippen LogP contribution in [0, 0.1) is 11.8 Å². The zero-order valence-corrected chi connectivity index (χ0v) is 21.0. The fraction of sp³-hybridized carbons (Fsp3) is 0.552. The number of aliphatic hydroxyl groups is 1. The van der Waals surface area contributed by atoms with Crippen molar-refractivity contribution in [1.29, 1.82) is 0 Å². The van der Waals surface area contributed by atoms with Crippen LogP contribution in [-0.2, 0) is 16.1 Å². The monoisotopic (exact) mass is 468 g/mol. The molecular weight excluding hydrogens is 424 g/mol. The van der Waals surface area contributed by atoms with E-state index in [0.717, 1.165) is 38.6 Å². The molecule has 2 aromatic rings. The van der Waals surface area contributed by atoms with E-state index in [4.69, 9.17) is 15.6 Å². The molecule has 4 N–H and O–H groups in total. The van der Waals surface area contributed by atoms with Crippen molar-refractivity contribution in [2.24, 2.45) is 17.6 Å². The molecule has 0 aromatic heterocycles. The number of aliphatic hydroxyl groups excluding tert-OH is 1. The number of benzene rings is 2. The molecule has 2 unspecified atom stereocenters. The van der Waals surface area contributed by atoms with E-state index in [1.807, 2.05) is 24.3 Å². The fourth-order valence-electron chi connectivity index (χ4n) is 4.58. The van der Waals surface area contributed by atoms with Gasteiger partial charge in [-0.05, 0) is 61.6 Å². The maximum atomic E-state index is 12.1. The van der Waals surface area contributed by atoms with Crippen LogP contribution in [0.5, 0.6) is 0 Å². The van der Waals surface area contributed by atoms with Gasteiger partial charge in [0.15, 0.2) is 0 Å². The highest BCUT2D eigenvalue weighted by Crippen LogP contribution is 2.31. The quantitative estimate of drug-likeness (QED) is 0.385. The molecule has 5 nitrogen and oxygen atoms in total. The van der Waals surface area contributed by atoms with Gasteiger partial charge < -0.3 is 20.9 Å². The van der Waals surface area contributed by atoms with E-state index in [1.165, 1.54) is 17.5 Å². The summed E-state index contributed by atoms with van der Waals surface area (Å²) < 4.78 is 5.85. The zero-order valence-electron chi connectivity index (χ0n) is 21.0. The van der Waals surface area contributed by atoms with E-state index < -0.39 is 0 Å². The summed E-state index contributed by atoms with van der Waals surface area (Å²) in [6.07, 6.45) is 6.14. The lowest BCUT2D eigenvalue weighted by Crippen LogP contribution is -2.27. The van der Waals surface area contributed by atoms with Crippen LogP contribution in [0.1, 0.15) is 69.4 Å². The molecule has 1 saturated heterocycles. The third-order valence-electron chi connectivity index (χ3n) is 6.46. The first-order valence-electron chi connectivity index (χ1n) is 12.8. The van der Waals surface area contributed by atoms with Gasteiger partial charge in [0.25, 0.3) is 0 Å². The molecule has 0 aliphatic carbocycles. The summed E-state index contributed by atoms with van der Waals surface area (Å²) in [4.78, 5) is 12.1. The van der Waals surface area contributed by atoms with E-state index in [2.05, 4.69) is 55.6 Å². The number of rotatable bonds is 13. The Bertz CT molecular complexity index is 778. The van der Waals surface area contributed by atoms with Crippen LogP contribution >= 0.6 is 0 Å². The molecule has 4 atom stereocenters. The van der Waals surface area contributed by atoms with Crippen molar-refractivity contribution in [3.05, 3.63) is 71.8 Å². The molecule has 3 rings (SSSR count). The van der Waals surface area contributed by atoms with E-state index in [9.17, 15) is 4.79 Å². The molecule has 1 aliphatic heterocycles. The first kappa shape index (κ1) is 28.0. The Labute approximate surface area is 206 Å². The van der Waals surface area contributed by atoms with Gasteiger partial charge in [0.05, 0.1) is 13.2 Å². The molecule has 0 bridgehead atoms. The Morgan fingerprint density at radius 2 is 1.79 bits per heavy atom. The number of hydrogen-bond donors (Lipinski definition) is 3. The summed E-state index contributed by atoms with van der Waals surface area (Å²) in [5.74, 6) is 0.370. The Morgan fingerprint density at radius 1 is 1.12 bits per heavy atom. The van der Waals surface area contributed by atoms with E-state index in [-0.39, 0.29) is 11.8 Å². The van der Waals surface area contributed by atoms with Crippen molar-refractivity contribution >= 4 is 5.91 Å². The molecule has 1 aliphatic rings. The van der Waals surface area contributed by atoms with Crippen LogP contribution < -0.4 is 11.1 Å². The molecule has 5 heteroatoms. The van der Waals surface area contributed by atoms with Crippen molar-refractivity contribution in [3.8, 4) is 0 Å². The van der Waals surface area contributed by atoms with Gasteiger partial charge in [-0.25, -0.2) is 0 Å². The van der Waals surface area contributed by atoms with Crippen molar-refractivity contribution in [2.45, 2.75) is 70.9 Å². The standard InChI is InChI=1S/C24H33NO2.C5H11NO/c1-3-10-22(21-13-8-5-9-14-21)16-23(24(25)26)15-19(2)17-27-18-20-11-6-4-7-12-20;7-4-5-2-1-3-6-5/h4-9,11-14,19,22-23H,3,10,15-18H2,1-2H3,(H2,25,26);5-7H,1-4H2/t19-,22?,23?;5-/m00/s1. The maximum Gasteiger partial charge on any atom is 0.220 e. The first-order chi connectivity index (χ1) is 16.5. The highest BCUT2D eigenvalue weighted by Gasteiger charge is 2.24. The maximum absolute atomic E-state index is 12.1. The van der Waals surface area contributed by atoms with Crippen LogP contribution in [0.4, 0.5) is 0 Å². The summed E-state index contributed by atoms with van der Waals surface area (Å²) in [5, 5.41) is 11.7. The van der Waals surface area contributed by atoms with Crippen LogP contribution in [0.3, 0.4) is 0 Å². The van der Waals surface area contributed by atoms with Crippen molar-refractivity contribution in [2.75, 3.05) is 19.8 Å². The molecule has 0 radical (unpaired) electrons. The summed E-state index contributed by atoms with van der Waals surface area (Å²) in [5.41, 5.74) is 8.22. The van der Waals surface area contributed by atoms with Crippen molar-refractivity contribution < 1.29 is 14.6 Å². The highest BCUT2D eigenvalue weighted by molar-refractivity contribution is 5.76. The normalized spacial score (nSPS) is 17.9. The Morgan fingerprint density at radius 3 is 2.32 bits per heavy atom. The minimum Gasteiger partial charge on any atom is -0.395 e. The van der Waals surface area contributed by atoms with Gasteiger partial charge >= 0.3 is 0 Å². The van der Waals surface area contributed by atoms with Gasteiger partial charge in [-0.15, -0.1) is 0 Å². The topological polar surface area (TPSA) is 84.6 Å². The fourth-order valence-corrected chi connectivity index (χ4v) is 4.58. The SMILES string of the molecule is CCCC(CC(C[C@H](C)COCc1ccccc1)C(N)=O)c1ccccc1.OC[C@@H]1CCCN1. The number of hydrogen-bond acceptors (Lipinski definition) is 4. The minimum atomic E-state index is -0.193. The smallest absolute Gasteiger partial charge is 0.220 e. The number of nitrogens with two attached hydrogens (primary N) is 1. The predicted molar refractivity (Wildman–Crippen MR) is 139 cm³/mol.